The molecule has 0 saturated carbocycles. The first kappa shape index (κ1) is 25.5. The van der Waals surface area contributed by atoms with E-state index in [0.717, 1.165) is 56.6 Å². The lowest BCUT2D eigenvalue weighted by Gasteiger charge is -2.31. The van der Waals surface area contributed by atoms with Crippen LogP contribution >= 0.6 is 0 Å². The van der Waals surface area contributed by atoms with Crippen molar-refractivity contribution in [2.24, 2.45) is 0 Å². The van der Waals surface area contributed by atoms with E-state index >= 15 is 0 Å². The second-order valence-corrected chi connectivity index (χ2v) is 10.2. The minimum absolute atomic E-state index is 0.173. The molecule has 3 heterocycles. The van der Waals surface area contributed by atoms with E-state index in [-0.39, 0.29) is 12.1 Å². The number of carbonyl (C=O) groups excluding carboxylic acids is 1. The number of ether oxygens (including phenoxy) is 1. The highest BCUT2D eigenvalue weighted by molar-refractivity contribution is 5.91. The van der Waals surface area contributed by atoms with Crippen molar-refractivity contribution >= 4 is 11.7 Å². The third-order valence-electron chi connectivity index (χ3n) is 7.47. The summed E-state index contributed by atoms with van der Waals surface area (Å²) >= 11 is 0. The fraction of sp³-hybridized carbons (Fsp3) is 0.212. The highest BCUT2D eigenvalue weighted by Gasteiger charge is 2.36. The van der Waals surface area contributed by atoms with Gasteiger partial charge in [0, 0.05) is 17.4 Å². The normalized spacial score (nSPS) is 14.3. The Labute approximate surface area is 234 Å². The Hall–Kier alpha value is -4.78. The van der Waals surface area contributed by atoms with E-state index in [1.807, 2.05) is 91.9 Å². The summed E-state index contributed by atoms with van der Waals surface area (Å²) in [6.45, 7) is 8.98. The minimum Gasteiger partial charge on any atom is -0.494 e. The van der Waals surface area contributed by atoms with Crippen molar-refractivity contribution < 1.29 is 9.53 Å². The van der Waals surface area contributed by atoms with Crippen LogP contribution in [0.15, 0.2) is 91.1 Å². The maximum absolute atomic E-state index is 14.3. The van der Waals surface area contributed by atoms with Crippen LogP contribution < -0.4 is 10.1 Å². The largest absolute Gasteiger partial charge is 0.494 e. The van der Waals surface area contributed by atoms with Crippen molar-refractivity contribution in [1.29, 1.82) is 0 Å². The molecule has 0 aliphatic carbocycles. The van der Waals surface area contributed by atoms with Gasteiger partial charge in [-0.25, -0.2) is 9.48 Å². The molecule has 0 fully saturated rings. The van der Waals surface area contributed by atoms with Gasteiger partial charge in [0.2, 0.25) is 0 Å². The molecule has 1 aliphatic heterocycles. The van der Waals surface area contributed by atoms with Gasteiger partial charge in [-0.1, -0.05) is 42.5 Å². The van der Waals surface area contributed by atoms with Crippen LogP contribution in [0.5, 0.6) is 5.75 Å². The lowest BCUT2D eigenvalue weighted by Crippen LogP contribution is -2.38. The number of rotatable bonds is 5. The molecule has 1 aliphatic rings. The Balaban J connectivity index is 1.54. The van der Waals surface area contributed by atoms with Crippen LogP contribution in [-0.2, 0) is 6.54 Å². The Bertz CT molecular complexity index is 1680. The molecule has 1 atom stereocenters. The summed E-state index contributed by atoms with van der Waals surface area (Å²) in [5.74, 6) is 1.72. The second-order valence-electron chi connectivity index (χ2n) is 10.2. The predicted molar refractivity (Wildman–Crippen MR) is 158 cm³/mol. The average molecular weight is 532 g/mol. The van der Waals surface area contributed by atoms with Crippen LogP contribution in [0, 0.1) is 20.8 Å². The summed E-state index contributed by atoms with van der Waals surface area (Å²) < 4.78 is 10.0. The summed E-state index contributed by atoms with van der Waals surface area (Å²) in [7, 11) is 0. The van der Waals surface area contributed by atoms with Gasteiger partial charge in [0.05, 0.1) is 36.3 Å². The van der Waals surface area contributed by atoms with Crippen molar-refractivity contribution in [2.45, 2.75) is 40.3 Å². The number of aryl methyl sites for hydroxylation is 3. The van der Waals surface area contributed by atoms with Gasteiger partial charge in [-0.2, -0.15) is 5.10 Å². The third kappa shape index (κ3) is 4.53. The molecule has 6 rings (SSSR count). The fourth-order valence-corrected chi connectivity index (χ4v) is 5.50. The number of hydrogen-bond donors (Lipinski definition) is 1. The lowest BCUT2D eigenvalue weighted by atomic mass is 10.0. The van der Waals surface area contributed by atoms with Gasteiger partial charge in [-0.3, -0.25) is 0 Å². The number of aromatic nitrogens is 3. The molecule has 40 heavy (non-hydrogen) atoms. The number of fused-ring (bicyclic) bond motifs is 3. The van der Waals surface area contributed by atoms with E-state index in [9.17, 15) is 4.79 Å². The molecule has 2 amide bonds. The summed E-state index contributed by atoms with van der Waals surface area (Å²) in [5.41, 5.74) is 7.71. The number of nitrogens with zero attached hydrogens (tertiary/aromatic N) is 4. The van der Waals surface area contributed by atoms with Crippen molar-refractivity contribution in [3.05, 3.63) is 125 Å². The molecular weight excluding hydrogens is 498 g/mol. The van der Waals surface area contributed by atoms with E-state index < -0.39 is 0 Å². The Morgan fingerprint density at radius 3 is 2.60 bits per heavy atom. The van der Waals surface area contributed by atoms with Gasteiger partial charge in [-0.15, -0.1) is 0 Å². The molecule has 0 saturated heterocycles. The molecule has 202 valence electrons. The Morgan fingerprint density at radius 2 is 1.80 bits per heavy atom. The number of para-hydroxylation sites is 1. The molecule has 0 spiro atoms. The first-order valence-electron chi connectivity index (χ1n) is 13.6. The zero-order chi connectivity index (χ0) is 27.8. The molecular formula is C33H33N5O2. The van der Waals surface area contributed by atoms with Crippen molar-refractivity contribution in [3.8, 4) is 17.3 Å². The first-order valence-corrected chi connectivity index (χ1v) is 13.6. The van der Waals surface area contributed by atoms with E-state index in [1.165, 1.54) is 0 Å². The number of nitrogens with one attached hydrogen (secondary N) is 1. The molecule has 0 unspecified atom stereocenters. The summed E-state index contributed by atoms with van der Waals surface area (Å²) in [6.07, 6.45) is 2.06. The van der Waals surface area contributed by atoms with E-state index in [1.54, 1.807) is 0 Å². The van der Waals surface area contributed by atoms with E-state index in [0.29, 0.717) is 13.2 Å². The monoisotopic (exact) mass is 531 g/mol. The zero-order valence-electron chi connectivity index (χ0n) is 23.3. The quantitative estimate of drug-likeness (QED) is 0.263. The maximum Gasteiger partial charge on any atom is 0.322 e. The van der Waals surface area contributed by atoms with Crippen LogP contribution in [-0.4, -0.2) is 31.9 Å². The average Bonchev–Trinajstić information content (AvgIpc) is 3.52. The smallest absolute Gasteiger partial charge is 0.322 e. The molecule has 0 bridgehead atoms. The number of amides is 2. The summed E-state index contributed by atoms with van der Waals surface area (Å²) in [6, 6.07) is 27.9. The van der Waals surface area contributed by atoms with Gasteiger partial charge in [-0.05, 0) is 86.8 Å². The number of urea groups is 1. The molecule has 2 aromatic heterocycles. The fourth-order valence-electron chi connectivity index (χ4n) is 5.50. The Kier molecular flexibility index (Phi) is 6.64. The SMILES string of the molecule is CCOc1cccc([C@H]2c3cccn3-c3c(c(C)nn3-c3ccccc3)CN2C(=O)Nc2cc(C)ccc2C)c1. The topological polar surface area (TPSA) is 64.3 Å². The highest BCUT2D eigenvalue weighted by atomic mass is 16.5. The second kappa shape index (κ2) is 10.4. The number of anilines is 1. The van der Waals surface area contributed by atoms with Gasteiger partial charge in [0.1, 0.15) is 11.6 Å². The number of hydrogen-bond acceptors (Lipinski definition) is 3. The van der Waals surface area contributed by atoms with Gasteiger partial charge in [0.15, 0.2) is 0 Å². The lowest BCUT2D eigenvalue weighted by molar-refractivity contribution is 0.194. The molecule has 0 radical (unpaired) electrons. The Morgan fingerprint density at radius 1 is 0.975 bits per heavy atom. The minimum atomic E-state index is -0.364. The van der Waals surface area contributed by atoms with E-state index in [2.05, 4.69) is 46.4 Å². The standard InChI is InChI=1S/C33H33N5O2/c1-5-40-27-14-9-11-25(20-27)31-30-15-10-18-36(30)32-28(24(4)35-38(32)26-12-7-6-8-13-26)21-37(31)33(39)34-29-19-22(2)16-17-23(29)3/h6-20,31H,5,21H2,1-4H3,(H,34,39)/t31-/m0/s1. The van der Waals surface area contributed by atoms with Crippen LogP contribution in [0.2, 0.25) is 0 Å². The van der Waals surface area contributed by atoms with Crippen LogP contribution in [0.1, 0.15) is 46.6 Å². The van der Waals surface area contributed by atoms with Crippen LogP contribution in [0.3, 0.4) is 0 Å². The number of carbonyl (C=O) groups is 1. The summed E-state index contributed by atoms with van der Waals surface area (Å²) in [5, 5.41) is 8.16. The zero-order valence-corrected chi connectivity index (χ0v) is 23.3. The molecule has 3 aromatic carbocycles. The molecule has 7 nitrogen and oxygen atoms in total. The molecule has 5 aromatic rings. The van der Waals surface area contributed by atoms with Crippen molar-refractivity contribution in [2.75, 3.05) is 11.9 Å². The van der Waals surface area contributed by atoms with Gasteiger partial charge in [0.25, 0.3) is 0 Å². The van der Waals surface area contributed by atoms with Crippen molar-refractivity contribution in [3.63, 3.8) is 0 Å². The number of benzene rings is 3. The van der Waals surface area contributed by atoms with Crippen LogP contribution in [0.25, 0.3) is 11.5 Å². The first-order chi connectivity index (χ1) is 19.4. The van der Waals surface area contributed by atoms with Crippen LogP contribution in [0.4, 0.5) is 10.5 Å². The van der Waals surface area contributed by atoms with Gasteiger partial charge < -0.3 is 19.5 Å². The molecule has 7 heteroatoms. The van der Waals surface area contributed by atoms with Crippen molar-refractivity contribution in [1.82, 2.24) is 19.2 Å². The highest BCUT2D eigenvalue weighted by Crippen LogP contribution is 2.39. The predicted octanol–water partition coefficient (Wildman–Crippen LogP) is 7.12. The summed E-state index contributed by atoms with van der Waals surface area (Å²) in [4.78, 5) is 16.2. The third-order valence-corrected chi connectivity index (χ3v) is 7.47. The maximum atomic E-state index is 14.3. The molecule has 1 N–H and O–H groups in total. The van der Waals surface area contributed by atoms with E-state index in [4.69, 9.17) is 9.84 Å². The van der Waals surface area contributed by atoms with Gasteiger partial charge >= 0.3 is 6.03 Å².